The second kappa shape index (κ2) is 5.61. The van der Waals surface area contributed by atoms with E-state index in [1.165, 1.54) is 22.5 Å². The fourth-order valence-corrected chi connectivity index (χ4v) is 5.13. The Balaban J connectivity index is 2.03. The fourth-order valence-electron chi connectivity index (χ4n) is 3.26. The molecule has 0 aromatic heterocycles. The molecule has 0 radical (unpaired) electrons. The molecule has 1 aromatic carbocycles. The van der Waals surface area contributed by atoms with Crippen molar-refractivity contribution in [2.45, 2.75) is 37.2 Å². The van der Waals surface area contributed by atoms with Crippen molar-refractivity contribution in [1.29, 1.82) is 0 Å². The summed E-state index contributed by atoms with van der Waals surface area (Å²) in [5.41, 5.74) is 0.432. The van der Waals surface area contributed by atoms with Crippen molar-refractivity contribution in [1.82, 2.24) is 9.21 Å². The van der Waals surface area contributed by atoms with E-state index in [-0.39, 0.29) is 29.3 Å². The van der Waals surface area contributed by atoms with Gasteiger partial charge in [0.1, 0.15) is 0 Å². The summed E-state index contributed by atoms with van der Waals surface area (Å²) in [5, 5.41) is 9.10. The molecule has 1 atom stereocenters. The molecule has 0 bridgehead atoms. The van der Waals surface area contributed by atoms with Crippen molar-refractivity contribution in [2.75, 3.05) is 13.1 Å². The smallest absolute Gasteiger partial charge is 0.335 e. The molecule has 23 heavy (non-hydrogen) atoms. The second-order valence-electron chi connectivity index (χ2n) is 5.86. The molecule has 8 heteroatoms. The van der Waals surface area contributed by atoms with Crippen LogP contribution in [0.15, 0.2) is 23.1 Å². The minimum absolute atomic E-state index is 0.00130. The summed E-state index contributed by atoms with van der Waals surface area (Å²) in [5.74, 6) is -1.19. The average molecular weight is 338 g/mol. The maximum absolute atomic E-state index is 13.0. The lowest BCUT2D eigenvalue weighted by Gasteiger charge is -2.38. The molecule has 2 fully saturated rings. The van der Waals surface area contributed by atoms with Crippen LogP contribution in [0.25, 0.3) is 0 Å². The normalized spacial score (nSPS) is 22.2. The molecule has 1 aromatic rings. The lowest BCUT2D eigenvalue weighted by Crippen LogP contribution is -2.55. The van der Waals surface area contributed by atoms with Gasteiger partial charge in [0.05, 0.1) is 16.6 Å². The third kappa shape index (κ3) is 2.61. The van der Waals surface area contributed by atoms with Crippen LogP contribution in [0.5, 0.6) is 0 Å². The van der Waals surface area contributed by atoms with Crippen LogP contribution in [0.4, 0.5) is 0 Å². The van der Waals surface area contributed by atoms with E-state index in [4.69, 9.17) is 5.11 Å². The Labute approximate surface area is 134 Å². The molecule has 2 heterocycles. The van der Waals surface area contributed by atoms with Gasteiger partial charge in [-0.2, -0.15) is 4.31 Å². The number of carboxylic acid groups (broad SMARTS) is 1. The Hall–Kier alpha value is -1.93. The van der Waals surface area contributed by atoms with Crippen LogP contribution in [-0.2, 0) is 14.8 Å². The first-order valence-corrected chi connectivity index (χ1v) is 8.91. The SMILES string of the molecule is Cc1ccc(C(=O)O)cc1S(=O)(=O)N1CCC(=O)N2CCCC21. The third-order valence-electron chi connectivity index (χ3n) is 4.44. The minimum atomic E-state index is -3.85. The highest BCUT2D eigenvalue weighted by molar-refractivity contribution is 7.89. The summed E-state index contributed by atoms with van der Waals surface area (Å²) in [6.07, 6.45) is 1.10. The maximum atomic E-state index is 13.0. The molecule has 1 unspecified atom stereocenters. The van der Waals surface area contributed by atoms with Gasteiger partial charge in [0.15, 0.2) is 0 Å². The van der Waals surface area contributed by atoms with Gasteiger partial charge < -0.3 is 10.0 Å². The molecule has 1 amide bonds. The van der Waals surface area contributed by atoms with Crippen molar-refractivity contribution in [2.24, 2.45) is 0 Å². The zero-order valence-corrected chi connectivity index (χ0v) is 13.5. The van der Waals surface area contributed by atoms with Crippen LogP contribution in [-0.4, -0.2) is 53.9 Å². The van der Waals surface area contributed by atoms with Gasteiger partial charge in [-0.05, 0) is 37.5 Å². The summed E-state index contributed by atoms with van der Waals surface area (Å²) in [4.78, 5) is 24.7. The van der Waals surface area contributed by atoms with Crippen LogP contribution < -0.4 is 0 Å². The summed E-state index contributed by atoms with van der Waals surface area (Å²) in [7, 11) is -3.85. The number of aromatic carboxylic acids is 1. The third-order valence-corrected chi connectivity index (χ3v) is 6.48. The van der Waals surface area contributed by atoms with Crippen LogP contribution in [0.3, 0.4) is 0 Å². The van der Waals surface area contributed by atoms with E-state index in [0.29, 0.717) is 18.5 Å². The highest BCUT2D eigenvalue weighted by Crippen LogP contribution is 2.32. The standard InChI is InChI=1S/C15H18N2O5S/c1-10-4-5-11(15(19)20)9-12(10)23(21,22)17-8-6-14(18)16-7-2-3-13(16)17/h4-5,9,13H,2-3,6-8H2,1H3,(H,19,20). The number of benzene rings is 1. The van der Waals surface area contributed by atoms with Gasteiger partial charge in [-0.1, -0.05) is 6.07 Å². The lowest BCUT2D eigenvalue weighted by atomic mass is 10.1. The van der Waals surface area contributed by atoms with Gasteiger partial charge in [0.25, 0.3) is 0 Å². The molecular formula is C15H18N2O5S. The molecule has 2 aliphatic heterocycles. The molecule has 124 valence electrons. The van der Waals surface area contributed by atoms with Crippen LogP contribution >= 0.6 is 0 Å². The van der Waals surface area contributed by atoms with E-state index in [9.17, 15) is 18.0 Å². The monoisotopic (exact) mass is 338 g/mol. The average Bonchev–Trinajstić information content (AvgIpc) is 2.97. The zero-order valence-electron chi connectivity index (χ0n) is 12.7. The van der Waals surface area contributed by atoms with E-state index < -0.39 is 22.2 Å². The highest BCUT2D eigenvalue weighted by atomic mass is 32.2. The van der Waals surface area contributed by atoms with E-state index in [2.05, 4.69) is 0 Å². The number of amides is 1. The number of hydrogen-bond donors (Lipinski definition) is 1. The van der Waals surface area contributed by atoms with Gasteiger partial charge in [-0.25, -0.2) is 13.2 Å². The molecular weight excluding hydrogens is 320 g/mol. The summed E-state index contributed by atoms with van der Waals surface area (Å²) in [6.45, 7) is 2.35. The summed E-state index contributed by atoms with van der Waals surface area (Å²) < 4.78 is 27.4. The number of fused-ring (bicyclic) bond motifs is 1. The van der Waals surface area contributed by atoms with Gasteiger partial charge in [-0.15, -0.1) is 0 Å². The first-order valence-electron chi connectivity index (χ1n) is 7.47. The van der Waals surface area contributed by atoms with E-state index in [1.54, 1.807) is 11.8 Å². The quantitative estimate of drug-likeness (QED) is 0.888. The number of sulfonamides is 1. The molecule has 3 rings (SSSR count). The van der Waals surface area contributed by atoms with Crippen LogP contribution in [0.1, 0.15) is 35.2 Å². The summed E-state index contributed by atoms with van der Waals surface area (Å²) in [6, 6.07) is 4.08. The zero-order chi connectivity index (χ0) is 16.8. The molecule has 2 saturated heterocycles. The second-order valence-corrected chi connectivity index (χ2v) is 7.72. The van der Waals surface area contributed by atoms with Crippen molar-refractivity contribution in [3.05, 3.63) is 29.3 Å². The molecule has 0 spiro atoms. The Morgan fingerprint density at radius 2 is 2.04 bits per heavy atom. The Bertz CT molecular complexity index is 774. The Morgan fingerprint density at radius 1 is 1.30 bits per heavy atom. The van der Waals surface area contributed by atoms with Gasteiger partial charge in [-0.3, -0.25) is 4.79 Å². The highest BCUT2D eigenvalue weighted by Gasteiger charge is 2.43. The topological polar surface area (TPSA) is 95.0 Å². The molecule has 0 saturated carbocycles. The van der Waals surface area contributed by atoms with E-state index in [0.717, 1.165) is 6.42 Å². The number of carboxylic acids is 1. The van der Waals surface area contributed by atoms with Crippen molar-refractivity contribution in [3.63, 3.8) is 0 Å². The fraction of sp³-hybridized carbons (Fsp3) is 0.467. The number of carbonyl (C=O) groups excluding carboxylic acids is 1. The maximum Gasteiger partial charge on any atom is 0.335 e. The minimum Gasteiger partial charge on any atom is -0.478 e. The first kappa shape index (κ1) is 15.9. The van der Waals surface area contributed by atoms with E-state index >= 15 is 0 Å². The largest absolute Gasteiger partial charge is 0.478 e. The van der Waals surface area contributed by atoms with Gasteiger partial charge >= 0.3 is 5.97 Å². The van der Waals surface area contributed by atoms with Gasteiger partial charge in [0, 0.05) is 19.5 Å². The Morgan fingerprint density at radius 3 is 2.74 bits per heavy atom. The van der Waals surface area contributed by atoms with Crippen LogP contribution in [0, 0.1) is 6.92 Å². The lowest BCUT2D eigenvalue weighted by molar-refractivity contribution is -0.137. The predicted molar refractivity (Wildman–Crippen MR) is 81.4 cm³/mol. The van der Waals surface area contributed by atoms with E-state index in [1.807, 2.05) is 0 Å². The van der Waals surface area contributed by atoms with Crippen LogP contribution in [0.2, 0.25) is 0 Å². The number of aryl methyl sites for hydroxylation is 1. The number of hydrogen-bond acceptors (Lipinski definition) is 4. The molecule has 2 aliphatic rings. The van der Waals surface area contributed by atoms with Crippen molar-refractivity contribution < 1.29 is 23.1 Å². The summed E-state index contributed by atoms with van der Waals surface area (Å²) >= 11 is 0. The molecule has 1 N–H and O–H groups in total. The number of rotatable bonds is 3. The van der Waals surface area contributed by atoms with Crippen molar-refractivity contribution in [3.8, 4) is 0 Å². The molecule has 0 aliphatic carbocycles. The predicted octanol–water partition coefficient (Wildman–Crippen LogP) is 1.04. The Kier molecular flexibility index (Phi) is 3.89. The number of carbonyl (C=O) groups is 2. The first-order chi connectivity index (χ1) is 10.8. The van der Waals surface area contributed by atoms with Crippen molar-refractivity contribution >= 4 is 21.9 Å². The molecule has 7 nitrogen and oxygen atoms in total. The van der Waals surface area contributed by atoms with Gasteiger partial charge in [0.2, 0.25) is 15.9 Å². The number of nitrogens with zero attached hydrogens (tertiary/aromatic N) is 2.